The Labute approximate surface area is 206 Å². The molecular weight excluding hydrogens is 468 g/mol. The average Bonchev–Trinajstić information content (AvgIpc) is 2.82. The van der Waals surface area contributed by atoms with Gasteiger partial charge < -0.3 is 24.6 Å². The van der Waals surface area contributed by atoms with E-state index in [1.165, 1.54) is 0 Å². The lowest BCUT2D eigenvalue weighted by molar-refractivity contribution is -0.119. The van der Waals surface area contributed by atoms with Gasteiger partial charge in [-0.2, -0.15) is 0 Å². The number of ether oxygens (including phenoxy) is 2. The second-order valence-electron chi connectivity index (χ2n) is 9.45. The highest BCUT2D eigenvalue weighted by molar-refractivity contribution is 7.92. The lowest BCUT2D eigenvalue weighted by Gasteiger charge is -2.44. The SMILES string of the molecule is COc1ccc(S(=O)(=O)C2CCC2)cc1Nc1ccc2c(n1)N(C1CCOCC1)[C@H](C)C(=O)N2C. The first kappa shape index (κ1) is 23.9. The fourth-order valence-corrected chi connectivity index (χ4v) is 6.97. The summed E-state index contributed by atoms with van der Waals surface area (Å²) in [5, 5.41) is 2.96. The maximum Gasteiger partial charge on any atom is 0.249 e. The number of benzene rings is 1. The number of anilines is 4. The van der Waals surface area contributed by atoms with E-state index in [-0.39, 0.29) is 28.1 Å². The van der Waals surface area contributed by atoms with Crippen LogP contribution in [-0.4, -0.2) is 64.0 Å². The summed E-state index contributed by atoms with van der Waals surface area (Å²) in [6.07, 6.45) is 4.01. The van der Waals surface area contributed by atoms with Crippen LogP contribution >= 0.6 is 0 Å². The predicted octanol–water partition coefficient (Wildman–Crippen LogP) is 3.51. The minimum atomic E-state index is -3.38. The van der Waals surface area contributed by atoms with Gasteiger partial charge in [-0.3, -0.25) is 4.79 Å². The molecule has 5 rings (SSSR count). The number of hydrogen-bond donors (Lipinski definition) is 1. The summed E-state index contributed by atoms with van der Waals surface area (Å²) in [6, 6.07) is 8.40. The van der Waals surface area contributed by atoms with Gasteiger partial charge in [0.1, 0.15) is 17.6 Å². The van der Waals surface area contributed by atoms with Crippen molar-refractivity contribution in [3.05, 3.63) is 30.3 Å². The zero-order chi connectivity index (χ0) is 24.7. The van der Waals surface area contributed by atoms with E-state index in [1.54, 1.807) is 43.3 Å². The number of likely N-dealkylation sites (N-methyl/N-ethyl adjacent to an activating group) is 1. The zero-order valence-electron chi connectivity index (χ0n) is 20.4. The standard InChI is InChI=1S/C25H32N4O5S/c1-16-25(30)28(2)21-8-10-23(27-24(21)29(16)17-11-13-34-14-12-17)26-20-15-19(7-9-22(20)33-3)35(31,32)18-5-4-6-18/h7-10,15-18H,4-6,11-14H2,1-3H3,(H,26,27)/t16-/m1/s1. The van der Waals surface area contributed by atoms with E-state index in [1.807, 2.05) is 13.0 Å². The number of hydrogen-bond acceptors (Lipinski definition) is 8. The van der Waals surface area contributed by atoms with Crippen molar-refractivity contribution in [2.24, 2.45) is 0 Å². The average molecular weight is 501 g/mol. The third-order valence-electron chi connectivity index (χ3n) is 7.40. The number of pyridine rings is 1. The van der Waals surface area contributed by atoms with Crippen LogP contribution in [0.25, 0.3) is 0 Å². The number of nitrogens with zero attached hydrogens (tertiary/aromatic N) is 3. The van der Waals surface area contributed by atoms with Crippen molar-refractivity contribution in [2.75, 3.05) is 42.5 Å². The lowest BCUT2D eigenvalue weighted by Crippen LogP contribution is -2.56. The van der Waals surface area contributed by atoms with Crippen molar-refractivity contribution in [3.63, 3.8) is 0 Å². The van der Waals surface area contributed by atoms with Crippen LogP contribution in [0.5, 0.6) is 5.75 Å². The number of aromatic nitrogens is 1. The molecule has 0 radical (unpaired) electrons. The van der Waals surface area contributed by atoms with Crippen molar-refractivity contribution >= 4 is 38.8 Å². The molecule has 1 saturated heterocycles. The van der Waals surface area contributed by atoms with Crippen LogP contribution in [0.2, 0.25) is 0 Å². The van der Waals surface area contributed by atoms with Gasteiger partial charge in [-0.15, -0.1) is 0 Å². The molecule has 0 unspecified atom stereocenters. The number of sulfone groups is 1. The molecule has 1 N–H and O–H groups in total. The quantitative estimate of drug-likeness (QED) is 0.643. The van der Waals surface area contributed by atoms with Gasteiger partial charge >= 0.3 is 0 Å². The van der Waals surface area contributed by atoms with E-state index in [0.717, 1.165) is 30.8 Å². The monoisotopic (exact) mass is 500 g/mol. The molecule has 2 fully saturated rings. The fraction of sp³-hybridized carbons (Fsp3) is 0.520. The summed E-state index contributed by atoms with van der Waals surface area (Å²) in [4.78, 5) is 21.9. The smallest absolute Gasteiger partial charge is 0.249 e. The van der Waals surface area contributed by atoms with Crippen molar-refractivity contribution in [1.82, 2.24) is 4.98 Å². The van der Waals surface area contributed by atoms with Gasteiger partial charge in [0.05, 0.1) is 28.6 Å². The number of carbonyl (C=O) groups excluding carboxylic acids is 1. The highest BCUT2D eigenvalue weighted by Gasteiger charge is 2.39. The van der Waals surface area contributed by atoms with Gasteiger partial charge in [-0.1, -0.05) is 6.42 Å². The first-order valence-corrected chi connectivity index (χ1v) is 13.7. The zero-order valence-corrected chi connectivity index (χ0v) is 21.2. The van der Waals surface area contributed by atoms with Gasteiger partial charge in [0.2, 0.25) is 5.91 Å². The Morgan fingerprint density at radius 2 is 1.86 bits per heavy atom. The second-order valence-corrected chi connectivity index (χ2v) is 11.7. The van der Waals surface area contributed by atoms with Gasteiger partial charge in [-0.25, -0.2) is 13.4 Å². The van der Waals surface area contributed by atoms with E-state index >= 15 is 0 Å². The fourth-order valence-electron chi connectivity index (χ4n) is 5.09. The molecule has 1 atom stereocenters. The number of amides is 1. The summed E-state index contributed by atoms with van der Waals surface area (Å²) in [7, 11) is -0.0595. The largest absolute Gasteiger partial charge is 0.495 e. The van der Waals surface area contributed by atoms with Gasteiger partial charge in [0, 0.05) is 26.3 Å². The van der Waals surface area contributed by atoms with Gasteiger partial charge in [-0.05, 0) is 62.9 Å². The maximum absolute atomic E-state index is 13.0. The second kappa shape index (κ2) is 9.31. The minimum absolute atomic E-state index is 0.0297. The van der Waals surface area contributed by atoms with Crippen molar-refractivity contribution in [2.45, 2.75) is 61.3 Å². The van der Waals surface area contributed by atoms with Crippen molar-refractivity contribution in [3.8, 4) is 5.75 Å². The summed E-state index contributed by atoms with van der Waals surface area (Å²) < 4.78 is 37.0. The summed E-state index contributed by atoms with van der Waals surface area (Å²) >= 11 is 0. The first-order chi connectivity index (χ1) is 16.8. The maximum atomic E-state index is 13.0. The van der Waals surface area contributed by atoms with Gasteiger partial charge in [0.25, 0.3) is 0 Å². The van der Waals surface area contributed by atoms with Crippen molar-refractivity contribution in [1.29, 1.82) is 0 Å². The third kappa shape index (κ3) is 4.23. The predicted molar refractivity (Wildman–Crippen MR) is 135 cm³/mol. The van der Waals surface area contributed by atoms with Crippen LogP contribution in [0.1, 0.15) is 39.0 Å². The van der Waals surface area contributed by atoms with Crippen molar-refractivity contribution < 1.29 is 22.7 Å². The number of carbonyl (C=O) groups is 1. The van der Waals surface area contributed by atoms with E-state index in [0.29, 0.717) is 43.3 Å². The molecule has 1 amide bonds. The molecule has 9 nitrogen and oxygen atoms in total. The lowest BCUT2D eigenvalue weighted by atomic mass is 10.00. The van der Waals surface area contributed by atoms with Crippen LogP contribution in [0, 0.1) is 0 Å². The molecule has 1 aliphatic carbocycles. The summed E-state index contributed by atoms with van der Waals surface area (Å²) in [6.45, 7) is 3.23. The van der Waals surface area contributed by atoms with Crippen LogP contribution in [0.3, 0.4) is 0 Å². The van der Waals surface area contributed by atoms with Gasteiger partial charge in [0.15, 0.2) is 15.7 Å². The number of methoxy groups -OCH3 is 1. The summed E-state index contributed by atoms with van der Waals surface area (Å²) in [5.74, 6) is 1.84. The molecule has 1 saturated carbocycles. The van der Waals surface area contributed by atoms with Crippen LogP contribution < -0.4 is 19.9 Å². The molecule has 10 heteroatoms. The topological polar surface area (TPSA) is 101 Å². The Bertz CT molecular complexity index is 1220. The van der Waals surface area contributed by atoms with Crippen LogP contribution in [0.4, 0.5) is 23.0 Å². The first-order valence-electron chi connectivity index (χ1n) is 12.1. The third-order valence-corrected chi connectivity index (χ3v) is 9.66. The molecule has 2 aromatic rings. The molecule has 2 aliphatic heterocycles. The Balaban J connectivity index is 1.51. The Kier molecular flexibility index (Phi) is 6.35. The van der Waals surface area contributed by atoms with E-state index in [9.17, 15) is 13.2 Å². The molecular formula is C25H32N4O5S. The highest BCUT2D eigenvalue weighted by atomic mass is 32.2. The molecule has 188 valence electrons. The Morgan fingerprint density at radius 1 is 1.11 bits per heavy atom. The van der Waals surface area contributed by atoms with E-state index in [2.05, 4.69) is 10.2 Å². The molecule has 1 aromatic carbocycles. The normalized spacial score (nSPS) is 21.5. The number of fused-ring (bicyclic) bond motifs is 1. The molecule has 0 bridgehead atoms. The molecule has 3 aliphatic rings. The number of rotatable bonds is 6. The van der Waals surface area contributed by atoms with Crippen LogP contribution in [-0.2, 0) is 19.4 Å². The minimum Gasteiger partial charge on any atom is -0.495 e. The highest BCUT2D eigenvalue weighted by Crippen LogP contribution is 2.40. The Morgan fingerprint density at radius 3 is 2.51 bits per heavy atom. The van der Waals surface area contributed by atoms with Crippen LogP contribution in [0.15, 0.2) is 35.2 Å². The molecule has 35 heavy (non-hydrogen) atoms. The van der Waals surface area contributed by atoms with E-state index in [4.69, 9.17) is 14.5 Å². The molecule has 0 spiro atoms. The molecule has 1 aromatic heterocycles. The Hall–Kier alpha value is -2.85. The number of nitrogens with one attached hydrogen (secondary N) is 1. The molecule has 3 heterocycles. The van der Waals surface area contributed by atoms with E-state index < -0.39 is 9.84 Å². The summed E-state index contributed by atoms with van der Waals surface area (Å²) in [5.41, 5.74) is 1.28.